The molecule has 0 aliphatic heterocycles. The van der Waals surface area contributed by atoms with E-state index in [0.29, 0.717) is 5.82 Å². The third-order valence-electron chi connectivity index (χ3n) is 3.34. The molecule has 1 aliphatic rings. The first-order chi connectivity index (χ1) is 7.58. The molecule has 1 amide bonds. The van der Waals surface area contributed by atoms with E-state index in [9.17, 15) is 4.79 Å². The molecule has 0 bridgehead atoms. The second-order valence-corrected chi connectivity index (χ2v) is 4.58. The van der Waals surface area contributed by atoms with E-state index in [4.69, 9.17) is 5.73 Å². The van der Waals surface area contributed by atoms with E-state index in [1.54, 1.807) is 0 Å². The summed E-state index contributed by atoms with van der Waals surface area (Å²) in [5.74, 6) is 0.733. The number of nitrogens with zero attached hydrogens (tertiary/aromatic N) is 1. The van der Waals surface area contributed by atoms with Crippen molar-refractivity contribution in [3.63, 3.8) is 0 Å². The summed E-state index contributed by atoms with van der Waals surface area (Å²) in [6.07, 6.45) is 2.61. The van der Waals surface area contributed by atoms with Crippen LogP contribution in [0.3, 0.4) is 0 Å². The SMILES string of the molecule is Cc1[nH]nc(NC(=O)C2CCC(N)C2)c1C. The number of aryl methyl sites for hydroxylation is 1. The summed E-state index contributed by atoms with van der Waals surface area (Å²) < 4.78 is 0. The van der Waals surface area contributed by atoms with E-state index in [-0.39, 0.29) is 17.9 Å². The van der Waals surface area contributed by atoms with Crippen LogP contribution in [0.4, 0.5) is 5.82 Å². The minimum absolute atomic E-state index is 0.0440. The smallest absolute Gasteiger partial charge is 0.228 e. The zero-order valence-corrected chi connectivity index (χ0v) is 9.71. The molecule has 16 heavy (non-hydrogen) atoms. The second kappa shape index (κ2) is 4.25. The molecule has 1 aromatic rings. The fraction of sp³-hybridized carbons (Fsp3) is 0.636. The van der Waals surface area contributed by atoms with E-state index in [1.165, 1.54) is 0 Å². The Labute approximate surface area is 94.8 Å². The lowest BCUT2D eigenvalue weighted by Gasteiger charge is -2.09. The van der Waals surface area contributed by atoms with E-state index in [2.05, 4.69) is 15.5 Å². The van der Waals surface area contributed by atoms with Crippen LogP contribution < -0.4 is 11.1 Å². The molecule has 0 radical (unpaired) electrons. The molecule has 2 rings (SSSR count). The Morgan fingerprint density at radius 1 is 1.50 bits per heavy atom. The number of aromatic amines is 1. The largest absolute Gasteiger partial charge is 0.328 e. The van der Waals surface area contributed by atoms with Gasteiger partial charge in [0, 0.05) is 23.2 Å². The van der Waals surface area contributed by atoms with Crippen LogP contribution in [0.5, 0.6) is 0 Å². The number of hydrogen-bond donors (Lipinski definition) is 3. The number of H-pyrrole nitrogens is 1. The maximum absolute atomic E-state index is 11.9. The van der Waals surface area contributed by atoms with Gasteiger partial charge in [0.15, 0.2) is 5.82 Å². The fourth-order valence-electron chi connectivity index (χ4n) is 2.08. The molecule has 0 spiro atoms. The van der Waals surface area contributed by atoms with Gasteiger partial charge in [0.05, 0.1) is 0 Å². The van der Waals surface area contributed by atoms with Crippen molar-refractivity contribution < 1.29 is 4.79 Å². The molecule has 1 saturated carbocycles. The molecule has 1 fully saturated rings. The minimum Gasteiger partial charge on any atom is -0.328 e. The van der Waals surface area contributed by atoms with Crippen LogP contribution in [0.15, 0.2) is 0 Å². The number of carbonyl (C=O) groups excluding carboxylic acids is 1. The summed E-state index contributed by atoms with van der Waals surface area (Å²) in [5.41, 5.74) is 7.77. The third kappa shape index (κ3) is 2.09. The molecule has 0 aromatic carbocycles. The molecule has 1 aliphatic carbocycles. The van der Waals surface area contributed by atoms with Crippen molar-refractivity contribution in [2.75, 3.05) is 5.32 Å². The van der Waals surface area contributed by atoms with Crippen molar-refractivity contribution in [1.29, 1.82) is 0 Å². The maximum atomic E-state index is 11.9. The predicted octanol–water partition coefficient (Wildman–Crippen LogP) is 1.09. The number of rotatable bonds is 2. The van der Waals surface area contributed by atoms with Crippen LogP contribution in [-0.4, -0.2) is 22.1 Å². The third-order valence-corrected chi connectivity index (χ3v) is 3.34. The zero-order valence-electron chi connectivity index (χ0n) is 9.71. The average molecular weight is 222 g/mol. The molecule has 4 N–H and O–H groups in total. The Hall–Kier alpha value is -1.36. The Kier molecular flexibility index (Phi) is 2.96. The van der Waals surface area contributed by atoms with Gasteiger partial charge in [-0.15, -0.1) is 0 Å². The van der Waals surface area contributed by atoms with E-state index in [1.807, 2.05) is 13.8 Å². The van der Waals surface area contributed by atoms with Crippen molar-refractivity contribution in [1.82, 2.24) is 10.2 Å². The number of aromatic nitrogens is 2. The highest BCUT2D eigenvalue weighted by molar-refractivity contribution is 5.92. The standard InChI is InChI=1S/C11H18N4O/c1-6-7(2)14-15-10(6)13-11(16)8-3-4-9(12)5-8/h8-9H,3-5,12H2,1-2H3,(H2,13,14,15,16). The van der Waals surface area contributed by atoms with Gasteiger partial charge >= 0.3 is 0 Å². The molecule has 1 aromatic heterocycles. The van der Waals surface area contributed by atoms with Gasteiger partial charge < -0.3 is 11.1 Å². The van der Waals surface area contributed by atoms with Crippen molar-refractivity contribution in [2.45, 2.75) is 39.2 Å². The van der Waals surface area contributed by atoms with Crippen molar-refractivity contribution in [3.05, 3.63) is 11.3 Å². The predicted molar refractivity (Wildman–Crippen MR) is 62.0 cm³/mol. The lowest BCUT2D eigenvalue weighted by atomic mass is 10.1. The number of anilines is 1. The Morgan fingerprint density at radius 2 is 2.25 bits per heavy atom. The quantitative estimate of drug-likeness (QED) is 0.700. The van der Waals surface area contributed by atoms with Crippen LogP contribution >= 0.6 is 0 Å². The second-order valence-electron chi connectivity index (χ2n) is 4.58. The molecular weight excluding hydrogens is 204 g/mol. The highest BCUT2D eigenvalue weighted by Gasteiger charge is 2.28. The Morgan fingerprint density at radius 3 is 2.75 bits per heavy atom. The van der Waals surface area contributed by atoms with E-state index >= 15 is 0 Å². The van der Waals surface area contributed by atoms with Gasteiger partial charge in [-0.3, -0.25) is 9.89 Å². The van der Waals surface area contributed by atoms with E-state index < -0.39 is 0 Å². The lowest BCUT2D eigenvalue weighted by Crippen LogP contribution is -2.23. The molecular formula is C11H18N4O. The molecule has 2 unspecified atom stereocenters. The first-order valence-corrected chi connectivity index (χ1v) is 5.66. The lowest BCUT2D eigenvalue weighted by molar-refractivity contribution is -0.119. The molecule has 88 valence electrons. The van der Waals surface area contributed by atoms with Gasteiger partial charge in [0.1, 0.15) is 0 Å². The normalized spacial score (nSPS) is 24.7. The summed E-state index contributed by atoms with van der Waals surface area (Å²) in [5, 5.41) is 9.77. The minimum atomic E-state index is 0.0440. The summed E-state index contributed by atoms with van der Waals surface area (Å²) in [4.78, 5) is 11.9. The summed E-state index contributed by atoms with van der Waals surface area (Å²) in [7, 11) is 0. The number of nitrogens with one attached hydrogen (secondary N) is 2. The first-order valence-electron chi connectivity index (χ1n) is 5.66. The van der Waals surface area contributed by atoms with Gasteiger partial charge in [-0.1, -0.05) is 0 Å². The average Bonchev–Trinajstić information content (AvgIpc) is 2.79. The monoisotopic (exact) mass is 222 g/mol. The zero-order chi connectivity index (χ0) is 11.7. The van der Waals surface area contributed by atoms with Crippen LogP contribution in [0.25, 0.3) is 0 Å². The Bertz CT molecular complexity index is 399. The highest BCUT2D eigenvalue weighted by atomic mass is 16.2. The van der Waals surface area contributed by atoms with Gasteiger partial charge in [-0.25, -0.2) is 0 Å². The van der Waals surface area contributed by atoms with E-state index in [0.717, 1.165) is 30.5 Å². The van der Waals surface area contributed by atoms with Crippen LogP contribution in [0.2, 0.25) is 0 Å². The summed E-state index contributed by atoms with van der Waals surface area (Å²) in [6, 6.07) is 0.178. The summed E-state index contributed by atoms with van der Waals surface area (Å²) >= 11 is 0. The van der Waals surface area contributed by atoms with Crippen LogP contribution in [-0.2, 0) is 4.79 Å². The van der Waals surface area contributed by atoms with Crippen molar-refractivity contribution in [2.24, 2.45) is 11.7 Å². The van der Waals surface area contributed by atoms with Gasteiger partial charge in [0.25, 0.3) is 0 Å². The number of hydrogen-bond acceptors (Lipinski definition) is 3. The maximum Gasteiger partial charge on any atom is 0.228 e. The number of amides is 1. The fourth-order valence-corrected chi connectivity index (χ4v) is 2.08. The van der Waals surface area contributed by atoms with Gasteiger partial charge in [-0.2, -0.15) is 5.10 Å². The van der Waals surface area contributed by atoms with Crippen LogP contribution in [0.1, 0.15) is 30.5 Å². The molecule has 0 saturated heterocycles. The summed E-state index contributed by atoms with van der Waals surface area (Å²) in [6.45, 7) is 3.87. The highest BCUT2D eigenvalue weighted by Crippen LogP contribution is 2.25. The van der Waals surface area contributed by atoms with Gasteiger partial charge in [0.2, 0.25) is 5.91 Å². The number of carbonyl (C=O) groups is 1. The van der Waals surface area contributed by atoms with Crippen molar-refractivity contribution in [3.8, 4) is 0 Å². The molecule has 5 heteroatoms. The molecule has 1 heterocycles. The Balaban J connectivity index is 2.00. The molecule has 2 atom stereocenters. The number of nitrogens with two attached hydrogens (primary N) is 1. The van der Waals surface area contributed by atoms with Gasteiger partial charge in [-0.05, 0) is 33.1 Å². The van der Waals surface area contributed by atoms with Crippen molar-refractivity contribution >= 4 is 11.7 Å². The topological polar surface area (TPSA) is 83.8 Å². The van der Waals surface area contributed by atoms with Crippen LogP contribution in [0, 0.1) is 19.8 Å². The molecule has 5 nitrogen and oxygen atoms in total. The first kappa shape index (κ1) is 11.1.